The van der Waals surface area contributed by atoms with Crippen LogP contribution in [-0.2, 0) is 103 Å². The van der Waals surface area contributed by atoms with Crippen molar-refractivity contribution in [2.45, 2.75) is 278 Å². The molecule has 622 valence electrons. The van der Waals surface area contributed by atoms with Gasteiger partial charge in [0.05, 0.1) is 84.1 Å². The van der Waals surface area contributed by atoms with E-state index in [0.29, 0.717) is 88.2 Å². The molecule has 2 unspecified atom stereocenters. The molecule has 0 radical (unpaired) electrons. The molecule has 6 fully saturated rings. The molecular weight excluding hydrogens is 1500 g/mol. The molecule has 113 heavy (non-hydrogen) atoms. The number of Topliss-reactive ketones (excluding diaryl/α,β-unsaturated/α-hetero) is 2. The van der Waals surface area contributed by atoms with Crippen molar-refractivity contribution in [2.24, 2.45) is 44.3 Å². The zero-order chi connectivity index (χ0) is 82.3. The lowest BCUT2D eigenvalue weighted by molar-refractivity contribution is -0.142. The third-order valence-corrected chi connectivity index (χ3v) is 27.7. The lowest BCUT2D eigenvalue weighted by Gasteiger charge is -2.35. The fourth-order valence-corrected chi connectivity index (χ4v) is 19.3. The van der Waals surface area contributed by atoms with E-state index in [1.165, 1.54) is 19.6 Å². The Morgan fingerprint density at radius 3 is 1.22 bits per heavy atom. The van der Waals surface area contributed by atoms with Gasteiger partial charge in [0.15, 0.2) is 11.6 Å². The van der Waals surface area contributed by atoms with Crippen LogP contribution in [-0.4, -0.2) is 194 Å². The number of fused-ring (bicyclic) bond motifs is 8. The Bertz CT molecular complexity index is 4300. The minimum absolute atomic E-state index is 0.0529. The van der Waals surface area contributed by atoms with Crippen LogP contribution in [0, 0.1) is 44.3 Å². The lowest BCUT2D eigenvalue weighted by atomic mass is 9.85. The number of benzene rings is 2. The van der Waals surface area contributed by atoms with Crippen LogP contribution < -0.4 is 20.1 Å². The van der Waals surface area contributed by atoms with Gasteiger partial charge < -0.3 is 48.9 Å². The number of cyclic esters (lactones) is 4. The summed E-state index contributed by atoms with van der Waals surface area (Å²) in [5.41, 5.74) is -0.991. The van der Waals surface area contributed by atoms with E-state index in [4.69, 9.17) is 28.4 Å². The Balaban J connectivity index is 0.000000223. The predicted octanol–water partition coefficient (Wildman–Crippen LogP) is 9.59. The highest BCUT2D eigenvalue weighted by molar-refractivity contribution is 7.91. The summed E-state index contributed by atoms with van der Waals surface area (Å²) >= 11 is 0. The Morgan fingerprint density at radius 2 is 0.867 bits per heavy atom. The first-order valence-electron chi connectivity index (χ1n) is 40.1. The molecule has 6 heterocycles. The summed E-state index contributed by atoms with van der Waals surface area (Å²) in [6.07, 6.45) is 3.14. The largest absolute Gasteiger partial charge is 0.462 e. The van der Waals surface area contributed by atoms with Crippen LogP contribution >= 0.6 is 0 Å². The molecule has 30 nitrogen and oxygen atoms in total. The van der Waals surface area contributed by atoms with Crippen molar-refractivity contribution in [3.05, 3.63) is 69.8 Å². The molecule has 32 heteroatoms. The van der Waals surface area contributed by atoms with Crippen LogP contribution in [0.25, 0.3) is 0 Å². The summed E-state index contributed by atoms with van der Waals surface area (Å²) in [5.74, 6) is -4.86. The zero-order valence-electron chi connectivity index (χ0n) is 67.3. The van der Waals surface area contributed by atoms with Gasteiger partial charge in [0, 0.05) is 51.9 Å². The molecule has 6 aliphatic heterocycles. The second kappa shape index (κ2) is 33.4. The fourth-order valence-electron chi connectivity index (χ4n) is 16.5. The summed E-state index contributed by atoms with van der Waals surface area (Å²) in [6.45, 7) is 23.4. The van der Waals surface area contributed by atoms with Gasteiger partial charge in [-0.25, -0.2) is 45.6 Å². The molecule has 12 rings (SSSR count). The maximum absolute atomic E-state index is 14.6. The maximum Gasteiger partial charge on any atom is 0.410 e. The number of ketones is 2. The van der Waals surface area contributed by atoms with Crippen molar-refractivity contribution in [3.8, 4) is 0 Å². The average Bonchev–Trinajstić information content (AvgIpc) is 1.58. The second-order valence-electron chi connectivity index (χ2n) is 36.7. The molecule has 10 atom stereocenters. The highest BCUT2D eigenvalue weighted by atomic mass is 32.2. The van der Waals surface area contributed by atoms with Gasteiger partial charge >= 0.3 is 36.3 Å². The first-order valence-corrected chi connectivity index (χ1v) is 43.2. The SMILES string of the molecule is CC[C@H]1C[C@@]1(CC(=O)C1C[C@@H]2CN1C(=O)[C@H](C(C)(C)C)NC(=O)OCC(C)(C)CCCCCOC(=O)c1ccc3c(c1)CN(C3)C(=O)O2)C(=O)NS(=O)(=O)C1CC1.CC[C@H]1C[C@@]1(CC(=O)C1C[C@@H]2CN1C(=O)[C@H](C(C)(C)C)NC(=O)OCC(C)(C)CCCCOC(=O)c1ccc3c(c1)CN(C3)C(=O)O2)C(=O)NS(=O)(=O)C1CC1. The van der Waals surface area contributed by atoms with Crippen LogP contribution in [0.1, 0.15) is 248 Å². The van der Waals surface area contributed by atoms with E-state index in [0.717, 1.165) is 41.5 Å². The summed E-state index contributed by atoms with van der Waals surface area (Å²) in [6, 6.07) is 5.82. The number of ether oxygens (including phenoxy) is 6. The minimum atomic E-state index is -3.87. The van der Waals surface area contributed by atoms with Gasteiger partial charge in [0.25, 0.3) is 0 Å². The number of hydrogen-bond acceptors (Lipinski definition) is 22. The number of alkyl carbamates (subject to hydrolysis) is 2. The summed E-state index contributed by atoms with van der Waals surface area (Å²) in [4.78, 5) is 170. The standard InChI is InChI=1S/C41H58N4O11S.C40H56N4O11S/c1-7-28-19-41(28,36(49)43-57(52,53)30-13-14-30)20-32(46)31-18-29-23-45(31)34(47)33(39(2,3)4)42-37(50)55-24-40(5,6)15-9-8-10-16-54-35(48)25-11-12-26-21-44(38(51)56-29)22-27(26)17-25;1-7-27-18-40(27,35(48)42-56(51,52)29-12-13-29)19-31(45)30-17-28-22-44(30)33(46)32(38(2,3)4)41-36(49)54-23-39(5,6)14-8-9-15-53-34(47)24-10-11-25-20-43(37(50)55-28)21-26(25)16-24/h11-12,17,28-31,33H,7-10,13-16,18-24H2,1-6H3,(H,42,50)(H,43,49);10-11,16,27-30,32H,7-9,12-15,17-23H2,1-6H3,(H,41,49)(H,42,48)/t28-,29+,31?,33+,41-;27-,28+,30?,32+,40-/m00/s1. The van der Waals surface area contributed by atoms with Crippen molar-refractivity contribution in [1.82, 2.24) is 39.7 Å². The van der Waals surface area contributed by atoms with Gasteiger partial charge in [-0.3, -0.25) is 48.0 Å². The van der Waals surface area contributed by atoms with Crippen LogP contribution in [0.3, 0.4) is 0 Å². The van der Waals surface area contributed by atoms with Gasteiger partial charge in [0.1, 0.15) is 24.3 Å². The van der Waals surface area contributed by atoms with E-state index in [1.807, 2.05) is 41.5 Å². The normalized spacial score (nSPS) is 28.8. The number of carbonyl (C=O) groups excluding carboxylic acids is 12. The lowest BCUT2D eigenvalue weighted by Crippen LogP contribution is -2.57. The highest BCUT2D eigenvalue weighted by Gasteiger charge is 2.64. The Labute approximate surface area is 662 Å². The van der Waals surface area contributed by atoms with Crippen LogP contribution in [0.5, 0.6) is 0 Å². The Kier molecular flexibility index (Phi) is 25.3. The van der Waals surface area contributed by atoms with E-state index in [2.05, 4.69) is 20.1 Å². The van der Waals surface area contributed by atoms with Crippen molar-refractivity contribution in [3.63, 3.8) is 0 Å². The monoisotopic (exact) mass is 1610 g/mol. The van der Waals surface area contributed by atoms with Gasteiger partial charge in [-0.05, 0) is 151 Å². The van der Waals surface area contributed by atoms with Crippen LogP contribution in [0.4, 0.5) is 19.2 Å². The number of rotatable bonds is 14. The van der Waals surface area contributed by atoms with Gasteiger partial charge in [-0.1, -0.05) is 121 Å². The molecule has 8 amide bonds. The van der Waals surface area contributed by atoms with Gasteiger partial charge in [0.2, 0.25) is 43.7 Å². The van der Waals surface area contributed by atoms with Crippen molar-refractivity contribution in [2.75, 3.05) is 39.5 Å². The molecule has 2 saturated heterocycles. The molecule has 2 aromatic carbocycles. The molecule has 2 aromatic rings. The van der Waals surface area contributed by atoms with Crippen molar-refractivity contribution in [1.29, 1.82) is 0 Å². The summed E-state index contributed by atoms with van der Waals surface area (Å²) in [7, 11) is -7.73. The number of carbonyl (C=O) groups is 12. The molecule has 10 aliphatic rings. The molecule has 0 spiro atoms. The Morgan fingerprint density at radius 1 is 0.504 bits per heavy atom. The van der Waals surface area contributed by atoms with E-state index >= 15 is 0 Å². The highest BCUT2D eigenvalue weighted by Crippen LogP contribution is 2.59. The van der Waals surface area contributed by atoms with E-state index in [-0.39, 0.29) is 109 Å². The average molecular weight is 1620 g/mol. The van der Waals surface area contributed by atoms with E-state index in [9.17, 15) is 74.4 Å². The third kappa shape index (κ3) is 20.5. The van der Waals surface area contributed by atoms with E-state index in [1.54, 1.807) is 77.9 Å². The molecule has 4 saturated carbocycles. The maximum atomic E-state index is 14.6. The topological polar surface area (TPSA) is 390 Å². The van der Waals surface area contributed by atoms with E-state index < -0.39 is 166 Å². The Hall–Kier alpha value is -8.42. The second-order valence-corrected chi connectivity index (χ2v) is 40.6. The molecular formula is C81H114N8O22S2. The number of sulfonamides is 2. The molecule has 10 bridgehead atoms. The number of nitrogens with one attached hydrogen (secondary N) is 4. The molecule has 4 N–H and O–H groups in total. The quantitative estimate of drug-likeness (QED) is 0.101. The molecule has 0 aromatic heterocycles. The third-order valence-electron chi connectivity index (χ3n) is 24.1. The predicted molar refractivity (Wildman–Crippen MR) is 409 cm³/mol. The number of nitrogens with zero attached hydrogens (tertiary/aromatic N) is 4. The van der Waals surface area contributed by atoms with Gasteiger partial charge in [-0.2, -0.15) is 0 Å². The number of esters is 2. The first kappa shape index (κ1) is 85.5. The van der Waals surface area contributed by atoms with Crippen molar-refractivity contribution < 1.29 is 103 Å². The number of amides is 8. The van der Waals surface area contributed by atoms with Crippen LogP contribution in [0.2, 0.25) is 0 Å². The summed E-state index contributed by atoms with van der Waals surface area (Å²) < 4.78 is 89.8. The first-order chi connectivity index (χ1) is 52.9. The molecule has 4 aliphatic carbocycles. The summed E-state index contributed by atoms with van der Waals surface area (Å²) in [5, 5.41) is 4.24. The van der Waals surface area contributed by atoms with Gasteiger partial charge in [-0.15, -0.1) is 0 Å². The zero-order valence-corrected chi connectivity index (χ0v) is 69.0. The smallest absolute Gasteiger partial charge is 0.410 e. The van der Waals surface area contributed by atoms with Crippen molar-refractivity contribution >= 4 is 91.6 Å². The fraction of sp³-hybridized carbons (Fsp3) is 0.704. The number of hydrogen-bond donors (Lipinski definition) is 4. The minimum Gasteiger partial charge on any atom is -0.462 e. The van der Waals surface area contributed by atoms with Crippen LogP contribution in [0.15, 0.2) is 36.4 Å².